The third-order valence-corrected chi connectivity index (χ3v) is 3.80. The minimum atomic E-state index is 0.651. The van der Waals surface area contributed by atoms with Crippen LogP contribution in [0.25, 0.3) is 0 Å². The highest BCUT2D eigenvalue weighted by atomic mass is 79.9. The van der Waals surface area contributed by atoms with Gasteiger partial charge in [-0.1, -0.05) is 29.3 Å². The topological polar surface area (TPSA) is 24.9 Å². The predicted molar refractivity (Wildman–Crippen MR) is 75.7 cm³/mol. The van der Waals surface area contributed by atoms with Gasteiger partial charge in [-0.05, 0) is 39.7 Å². The Balaban J connectivity index is 2.08. The van der Waals surface area contributed by atoms with Crippen LogP contribution < -0.4 is 5.32 Å². The van der Waals surface area contributed by atoms with Gasteiger partial charge in [-0.15, -0.1) is 0 Å². The number of nitrogens with one attached hydrogen (secondary N) is 1. The smallest absolute Gasteiger partial charge is 0.0718 e. The van der Waals surface area contributed by atoms with E-state index in [0.29, 0.717) is 16.6 Å². The molecule has 0 bridgehead atoms. The first-order valence-corrected chi connectivity index (χ1v) is 6.49. The van der Waals surface area contributed by atoms with Gasteiger partial charge in [0, 0.05) is 17.2 Å². The van der Waals surface area contributed by atoms with E-state index < -0.39 is 0 Å². The number of benzene rings is 1. The third kappa shape index (κ3) is 3.35. The molecule has 17 heavy (non-hydrogen) atoms. The summed E-state index contributed by atoms with van der Waals surface area (Å²) in [6.07, 6.45) is 3.35. The molecule has 5 heteroatoms. The van der Waals surface area contributed by atoms with Gasteiger partial charge in [-0.3, -0.25) is 4.98 Å². The zero-order valence-electron chi connectivity index (χ0n) is 8.75. The first-order valence-electron chi connectivity index (χ1n) is 4.94. The van der Waals surface area contributed by atoms with Crippen molar-refractivity contribution in [1.29, 1.82) is 0 Å². The van der Waals surface area contributed by atoms with Crippen LogP contribution in [0.15, 0.2) is 41.1 Å². The molecule has 0 fully saturated rings. The highest BCUT2D eigenvalue weighted by molar-refractivity contribution is 9.10. The summed E-state index contributed by atoms with van der Waals surface area (Å²) in [6.45, 7) is 0.651. The normalized spacial score (nSPS) is 10.3. The molecule has 0 radical (unpaired) electrons. The van der Waals surface area contributed by atoms with Crippen LogP contribution in [0.3, 0.4) is 0 Å². The summed E-state index contributed by atoms with van der Waals surface area (Å²) >= 11 is 15.4. The van der Waals surface area contributed by atoms with Crippen LogP contribution in [0.5, 0.6) is 0 Å². The zero-order chi connectivity index (χ0) is 12.3. The molecule has 1 aromatic carbocycles. The Bertz CT molecular complexity index is 532. The highest BCUT2D eigenvalue weighted by Gasteiger charge is 2.01. The van der Waals surface area contributed by atoms with E-state index in [1.165, 1.54) is 0 Å². The Morgan fingerprint density at radius 1 is 1.18 bits per heavy atom. The number of pyridine rings is 1. The molecule has 0 saturated carbocycles. The van der Waals surface area contributed by atoms with Crippen molar-refractivity contribution in [1.82, 2.24) is 4.98 Å². The van der Waals surface area contributed by atoms with Gasteiger partial charge < -0.3 is 5.32 Å². The maximum absolute atomic E-state index is 6.01. The highest BCUT2D eigenvalue weighted by Crippen LogP contribution is 2.24. The summed E-state index contributed by atoms with van der Waals surface area (Å²) < 4.78 is 0.891. The zero-order valence-corrected chi connectivity index (χ0v) is 11.9. The van der Waals surface area contributed by atoms with Crippen molar-refractivity contribution in [3.05, 3.63) is 56.7 Å². The van der Waals surface area contributed by atoms with Crippen LogP contribution in [0.1, 0.15) is 5.56 Å². The van der Waals surface area contributed by atoms with Gasteiger partial charge >= 0.3 is 0 Å². The van der Waals surface area contributed by atoms with Crippen LogP contribution in [-0.4, -0.2) is 4.98 Å². The molecule has 1 N–H and O–H groups in total. The average molecular weight is 332 g/mol. The van der Waals surface area contributed by atoms with Gasteiger partial charge in [0.1, 0.15) is 0 Å². The first-order chi connectivity index (χ1) is 8.16. The SMILES string of the molecule is Clc1cc(CNc2cnccc2Cl)ccc1Br. The molecule has 0 saturated heterocycles. The van der Waals surface area contributed by atoms with Crippen LogP contribution >= 0.6 is 39.1 Å². The van der Waals surface area contributed by atoms with Crippen molar-refractivity contribution in [2.75, 3.05) is 5.32 Å². The lowest BCUT2D eigenvalue weighted by Gasteiger charge is -2.08. The molecular formula is C12H9BrCl2N2. The number of halogens is 3. The van der Waals surface area contributed by atoms with Gasteiger partial charge in [-0.2, -0.15) is 0 Å². The molecule has 0 amide bonds. The van der Waals surface area contributed by atoms with E-state index in [4.69, 9.17) is 23.2 Å². The molecule has 1 aromatic heterocycles. The lowest BCUT2D eigenvalue weighted by Crippen LogP contribution is -2.00. The first kappa shape index (κ1) is 12.7. The molecular weight excluding hydrogens is 323 g/mol. The standard InChI is InChI=1S/C12H9BrCl2N2/c13-9-2-1-8(5-11(9)15)6-17-12-7-16-4-3-10(12)14/h1-5,7,17H,6H2. The Hall–Kier alpha value is -0.770. The molecule has 2 rings (SSSR count). The number of anilines is 1. The molecule has 0 spiro atoms. The Morgan fingerprint density at radius 2 is 2.00 bits per heavy atom. The molecule has 0 atom stereocenters. The molecule has 0 aliphatic carbocycles. The summed E-state index contributed by atoms with van der Waals surface area (Å²) in [7, 11) is 0. The van der Waals surface area contributed by atoms with E-state index in [2.05, 4.69) is 26.2 Å². The lowest BCUT2D eigenvalue weighted by atomic mass is 10.2. The predicted octanol–water partition coefficient (Wildman–Crippen LogP) is 4.76. The van der Waals surface area contributed by atoms with Crippen molar-refractivity contribution in [3.63, 3.8) is 0 Å². The monoisotopic (exact) mass is 330 g/mol. The van der Waals surface area contributed by atoms with Crippen molar-refractivity contribution in [2.24, 2.45) is 0 Å². The summed E-state index contributed by atoms with van der Waals surface area (Å²) in [5.41, 5.74) is 1.89. The van der Waals surface area contributed by atoms with Gasteiger partial charge in [0.25, 0.3) is 0 Å². The molecule has 0 aliphatic rings. The molecule has 2 aromatic rings. The fourth-order valence-electron chi connectivity index (χ4n) is 1.35. The number of hydrogen-bond donors (Lipinski definition) is 1. The Morgan fingerprint density at radius 3 is 2.71 bits per heavy atom. The van der Waals surface area contributed by atoms with E-state index in [1.54, 1.807) is 18.5 Å². The van der Waals surface area contributed by atoms with Gasteiger partial charge in [0.15, 0.2) is 0 Å². The molecule has 88 valence electrons. The van der Waals surface area contributed by atoms with Crippen molar-refractivity contribution >= 4 is 44.8 Å². The Labute approximate surface area is 118 Å². The number of nitrogens with zero attached hydrogens (tertiary/aromatic N) is 1. The third-order valence-electron chi connectivity index (χ3n) is 2.23. The van der Waals surface area contributed by atoms with E-state index in [-0.39, 0.29) is 0 Å². The molecule has 0 aliphatic heterocycles. The number of hydrogen-bond acceptors (Lipinski definition) is 2. The maximum Gasteiger partial charge on any atom is 0.0718 e. The van der Waals surface area contributed by atoms with Gasteiger partial charge in [-0.25, -0.2) is 0 Å². The Kier molecular flexibility index (Phi) is 4.26. The second kappa shape index (κ2) is 5.71. The summed E-state index contributed by atoms with van der Waals surface area (Å²) in [5.74, 6) is 0. The van der Waals surface area contributed by atoms with Crippen LogP contribution in [0.2, 0.25) is 10.0 Å². The van der Waals surface area contributed by atoms with Crippen molar-refractivity contribution < 1.29 is 0 Å². The molecule has 0 unspecified atom stereocenters. The minimum absolute atomic E-state index is 0.651. The molecule has 1 heterocycles. The summed E-state index contributed by atoms with van der Waals surface area (Å²) in [4.78, 5) is 4.01. The van der Waals surface area contributed by atoms with Crippen molar-refractivity contribution in [3.8, 4) is 0 Å². The fraction of sp³-hybridized carbons (Fsp3) is 0.0833. The second-order valence-electron chi connectivity index (χ2n) is 3.46. The number of aromatic nitrogens is 1. The minimum Gasteiger partial charge on any atom is -0.379 e. The van der Waals surface area contributed by atoms with Gasteiger partial charge in [0.2, 0.25) is 0 Å². The van der Waals surface area contributed by atoms with E-state index >= 15 is 0 Å². The van der Waals surface area contributed by atoms with Crippen LogP contribution in [0, 0.1) is 0 Å². The van der Waals surface area contributed by atoms with Crippen LogP contribution in [0.4, 0.5) is 5.69 Å². The second-order valence-corrected chi connectivity index (χ2v) is 5.13. The quantitative estimate of drug-likeness (QED) is 0.876. The van der Waals surface area contributed by atoms with E-state index in [0.717, 1.165) is 15.7 Å². The largest absolute Gasteiger partial charge is 0.379 e. The average Bonchev–Trinajstić information content (AvgIpc) is 2.32. The lowest BCUT2D eigenvalue weighted by molar-refractivity contribution is 1.14. The molecule has 2 nitrogen and oxygen atoms in total. The maximum atomic E-state index is 6.01. The van der Waals surface area contributed by atoms with Crippen LogP contribution in [-0.2, 0) is 6.54 Å². The number of rotatable bonds is 3. The summed E-state index contributed by atoms with van der Waals surface area (Å²) in [6, 6.07) is 7.57. The van der Waals surface area contributed by atoms with Crippen molar-refractivity contribution in [2.45, 2.75) is 6.54 Å². The van der Waals surface area contributed by atoms with E-state index in [1.807, 2.05) is 18.2 Å². The summed E-state index contributed by atoms with van der Waals surface area (Å²) in [5, 5.41) is 4.56. The van der Waals surface area contributed by atoms with Gasteiger partial charge in [0.05, 0.1) is 21.9 Å². The fourth-order valence-corrected chi connectivity index (χ4v) is 1.98. The van der Waals surface area contributed by atoms with E-state index in [9.17, 15) is 0 Å².